The van der Waals surface area contributed by atoms with Crippen LogP contribution in [0.2, 0.25) is 0 Å². The van der Waals surface area contributed by atoms with Gasteiger partial charge in [0.05, 0.1) is 0 Å². The Kier molecular flexibility index (Phi) is 7.70. The number of anilines is 4. The first kappa shape index (κ1) is 24.0. The summed E-state index contributed by atoms with van der Waals surface area (Å²) in [6, 6.07) is 15.4. The summed E-state index contributed by atoms with van der Waals surface area (Å²) >= 11 is 0. The molecule has 1 aliphatic rings. The predicted octanol–water partition coefficient (Wildman–Crippen LogP) is 8.37. The number of aryl methyl sites for hydroxylation is 1. The van der Waals surface area contributed by atoms with Gasteiger partial charge in [-0.1, -0.05) is 62.9 Å². The lowest BCUT2D eigenvalue weighted by Crippen LogP contribution is -2.14. The highest BCUT2D eigenvalue weighted by Crippen LogP contribution is 2.39. The van der Waals surface area contributed by atoms with Gasteiger partial charge in [0.25, 0.3) is 0 Å². The summed E-state index contributed by atoms with van der Waals surface area (Å²) in [5.74, 6) is 0.220. The van der Waals surface area contributed by atoms with E-state index < -0.39 is 11.7 Å². The number of nitrogens with zero attached hydrogens (tertiary/aromatic N) is 2. The minimum Gasteiger partial charge on any atom is -0.339 e. The second-order valence-corrected chi connectivity index (χ2v) is 8.93. The molecule has 0 radical (unpaired) electrons. The maximum absolute atomic E-state index is 13.8. The summed E-state index contributed by atoms with van der Waals surface area (Å²) in [6.45, 7) is 2.15. The highest BCUT2D eigenvalue weighted by atomic mass is 19.4. The quantitative estimate of drug-likeness (QED) is 0.349. The standard InChI is InChI=1S/C27H31F3N4/c1-2-3-9-19-14-16-21(17-15-19)32-26-31-18-23(27(28,29)30)25(34-26)33-24-13-8-7-12-22(24)20-10-5-4-6-11-20/h7-8,12-18,20H,2-6,9-11H2,1H3,(H2,31,32,33,34). The highest BCUT2D eigenvalue weighted by Gasteiger charge is 2.35. The third kappa shape index (κ3) is 6.07. The van der Waals surface area contributed by atoms with Crippen LogP contribution in [0.25, 0.3) is 0 Å². The molecule has 180 valence electrons. The van der Waals surface area contributed by atoms with E-state index in [4.69, 9.17) is 0 Å². The second-order valence-electron chi connectivity index (χ2n) is 8.93. The fraction of sp³-hybridized carbons (Fsp3) is 0.407. The van der Waals surface area contributed by atoms with Crippen molar-refractivity contribution in [2.24, 2.45) is 0 Å². The predicted molar refractivity (Wildman–Crippen MR) is 131 cm³/mol. The van der Waals surface area contributed by atoms with Crippen molar-refractivity contribution in [1.29, 1.82) is 0 Å². The summed E-state index contributed by atoms with van der Waals surface area (Å²) in [4.78, 5) is 8.18. The van der Waals surface area contributed by atoms with Crippen LogP contribution in [0.3, 0.4) is 0 Å². The van der Waals surface area contributed by atoms with Gasteiger partial charge in [0, 0.05) is 17.6 Å². The molecule has 1 aromatic heterocycles. The number of nitrogens with one attached hydrogen (secondary N) is 2. The van der Waals surface area contributed by atoms with Crippen molar-refractivity contribution in [3.63, 3.8) is 0 Å². The topological polar surface area (TPSA) is 49.8 Å². The molecule has 0 spiro atoms. The SMILES string of the molecule is CCCCc1ccc(Nc2ncc(C(F)(F)F)c(Nc3ccccc3C3CCCCC3)n2)cc1. The highest BCUT2D eigenvalue weighted by molar-refractivity contribution is 5.66. The number of unbranched alkanes of at least 4 members (excludes halogenated alkanes) is 1. The number of benzene rings is 2. The summed E-state index contributed by atoms with van der Waals surface area (Å²) in [7, 11) is 0. The van der Waals surface area contributed by atoms with Crippen molar-refractivity contribution in [2.45, 2.75) is 70.4 Å². The average molecular weight is 469 g/mol. The van der Waals surface area contributed by atoms with Crippen molar-refractivity contribution in [3.05, 3.63) is 71.4 Å². The van der Waals surface area contributed by atoms with E-state index in [1.165, 1.54) is 12.0 Å². The van der Waals surface area contributed by atoms with Gasteiger partial charge in [-0.3, -0.25) is 0 Å². The summed E-state index contributed by atoms with van der Waals surface area (Å²) < 4.78 is 41.3. The van der Waals surface area contributed by atoms with Crippen LogP contribution < -0.4 is 10.6 Å². The Morgan fingerprint density at radius 2 is 1.68 bits per heavy atom. The molecule has 4 rings (SSSR count). The largest absolute Gasteiger partial charge is 0.421 e. The maximum atomic E-state index is 13.8. The smallest absolute Gasteiger partial charge is 0.339 e. The van der Waals surface area contributed by atoms with E-state index in [0.29, 0.717) is 11.6 Å². The second kappa shape index (κ2) is 10.9. The van der Waals surface area contributed by atoms with Crippen LogP contribution in [-0.2, 0) is 12.6 Å². The van der Waals surface area contributed by atoms with E-state index in [2.05, 4.69) is 27.5 Å². The Morgan fingerprint density at radius 3 is 2.38 bits per heavy atom. The Labute approximate surface area is 199 Å². The molecule has 0 unspecified atom stereocenters. The number of rotatable bonds is 8. The Bertz CT molecular complexity index is 1070. The summed E-state index contributed by atoms with van der Waals surface area (Å²) in [5, 5.41) is 6.03. The zero-order valence-electron chi connectivity index (χ0n) is 19.5. The van der Waals surface area contributed by atoms with Gasteiger partial charge < -0.3 is 10.6 Å². The van der Waals surface area contributed by atoms with Crippen LogP contribution in [0.15, 0.2) is 54.7 Å². The van der Waals surface area contributed by atoms with Gasteiger partial charge in [0.15, 0.2) is 0 Å². The van der Waals surface area contributed by atoms with Gasteiger partial charge in [-0.05, 0) is 60.9 Å². The van der Waals surface area contributed by atoms with Crippen LogP contribution in [-0.4, -0.2) is 9.97 Å². The molecule has 1 aliphatic carbocycles. The van der Waals surface area contributed by atoms with Gasteiger partial charge in [-0.2, -0.15) is 18.2 Å². The monoisotopic (exact) mass is 468 g/mol. The molecule has 0 saturated heterocycles. The van der Waals surface area contributed by atoms with Crippen molar-refractivity contribution >= 4 is 23.1 Å². The van der Waals surface area contributed by atoms with Crippen LogP contribution >= 0.6 is 0 Å². The number of para-hydroxylation sites is 1. The molecule has 1 saturated carbocycles. The zero-order chi connectivity index (χ0) is 24.0. The van der Waals surface area contributed by atoms with E-state index >= 15 is 0 Å². The van der Waals surface area contributed by atoms with Crippen LogP contribution in [0, 0.1) is 0 Å². The van der Waals surface area contributed by atoms with Crippen LogP contribution in [0.5, 0.6) is 0 Å². The molecule has 0 bridgehead atoms. The van der Waals surface area contributed by atoms with Gasteiger partial charge >= 0.3 is 6.18 Å². The molecule has 0 aliphatic heterocycles. The van der Waals surface area contributed by atoms with Gasteiger partial charge in [-0.15, -0.1) is 0 Å². The molecule has 4 nitrogen and oxygen atoms in total. The van der Waals surface area contributed by atoms with E-state index in [1.54, 1.807) is 0 Å². The van der Waals surface area contributed by atoms with Crippen molar-refractivity contribution < 1.29 is 13.2 Å². The van der Waals surface area contributed by atoms with Gasteiger partial charge in [0.1, 0.15) is 11.4 Å². The normalized spacial score (nSPS) is 14.7. The lowest BCUT2D eigenvalue weighted by Gasteiger charge is -2.25. The molecule has 0 amide bonds. The Balaban J connectivity index is 1.60. The minimum atomic E-state index is -4.57. The van der Waals surface area contributed by atoms with Crippen molar-refractivity contribution in [3.8, 4) is 0 Å². The average Bonchev–Trinajstić information content (AvgIpc) is 2.84. The number of aromatic nitrogens is 2. The first-order valence-corrected chi connectivity index (χ1v) is 12.1. The molecule has 2 aromatic carbocycles. The first-order chi connectivity index (χ1) is 16.4. The maximum Gasteiger partial charge on any atom is 0.421 e. The van der Waals surface area contributed by atoms with E-state index in [0.717, 1.165) is 62.4 Å². The lowest BCUT2D eigenvalue weighted by molar-refractivity contribution is -0.137. The molecule has 1 fully saturated rings. The molecular weight excluding hydrogens is 437 g/mol. The summed E-state index contributed by atoms with van der Waals surface area (Å²) in [6.07, 6.45) is 5.12. The number of hydrogen-bond donors (Lipinski definition) is 2. The Hall–Kier alpha value is -3.09. The third-order valence-corrected chi connectivity index (χ3v) is 6.38. The van der Waals surface area contributed by atoms with E-state index in [1.807, 2.05) is 48.5 Å². The van der Waals surface area contributed by atoms with E-state index in [9.17, 15) is 13.2 Å². The van der Waals surface area contributed by atoms with E-state index in [-0.39, 0.29) is 11.8 Å². The fourth-order valence-corrected chi connectivity index (χ4v) is 4.52. The fourth-order valence-electron chi connectivity index (χ4n) is 4.52. The molecule has 7 heteroatoms. The van der Waals surface area contributed by atoms with Gasteiger partial charge in [0.2, 0.25) is 5.95 Å². The van der Waals surface area contributed by atoms with Crippen molar-refractivity contribution in [1.82, 2.24) is 9.97 Å². The van der Waals surface area contributed by atoms with Crippen LogP contribution in [0.4, 0.5) is 36.3 Å². The first-order valence-electron chi connectivity index (χ1n) is 12.1. The molecular formula is C27H31F3N4. The molecule has 0 atom stereocenters. The molecule has 1 heterocycles. The van der Waals surface area contributed by atoms with Crippen LogP contribution in [0.1, 0.15) is 74.5 Å². The minimum absolute atomic E-state index is 0.118. The lowest BCUT2D eigenvalue weighted by atomic mass is 9.83. The third-order valence-electron chi connectivity index (χ3n) is 6.38. The molecule has 34 heavy (non-hydrogen) atoms. The summed E-state index contributed by atoms with van der Waals surface area (Å²) in [5.41, 5.74) is 2.79. The molecule has 2 N–H and O–H groups in total. The number of alkyl halides is 3. The Morgan fingerprint density at radius 1 is 0.941 bits per heavy atom. The zero-order valence-corrected chi connectivity index (χ0v) is 19.5. The van der Waals surface area contributed by atoms with Crippen molar-refractivity contribution in [2.75, 3.05) is 10.6 Å². The number of hydrogen-bond acceptors (Lipinski definition) is 4. The number of halogens is 3. The molecule has 3 aromatic rings. The van der Waals surface area contributed by atoms with Gasteiger partial charge in [-0.25, -0.2) is 4.98 Å².